The first-order chi connectivity index (χ1) is 8.65. The van der Waals surface area contributed by atoms with Crippen LogP contribution in [0, 0.1) is 0 Å². The average molecular weight is 270 g/mol. The second-order valence-corrected chi connectivity index (χ2v) is 4.80. The van der Waals surface area contributed by atoms with Gasteiger partial charge in [0.25, 0.3) is 0 Å². The molecule has 2 rings (SSSR count). The van der Waals surface area contributed by atoms with Gasteiger partial charge in [-0.25, -0.2) is 0 Å². The van der Waals surface area contributed by atoms with Gasteiger partial charge in [0.1, 0.15) is 5.75 Å². The van der Waals surface area contributed by atoms with E-state index in [4.69, 9.17) is 16.3 Å². The minimum Gasteiger partial charge on any atom is -0.506 e. The van der Waals surface area contributed by atoms with Gasteiger partial charge in [-0.15, -0.1) is 0 Å². The Morgan fingerprint density at radius 2 is 2.39 bits per heavy atom. The van der Waals surface area contributed by atoms with Gasteiger partial charge in [-0.05, 0) is 37.5 Å². The third kappa shape index (κ3) is 3.62. The summed E-state index contributed by atoms with van der Waals surface area (Å²) in [5.41, 5.74) is 0.593. The number of anilines is 1. The molecule has 1 unspecified atom stereocenters. The number of phenols is 1. The summed E-state index contributed by atoms with van der Waals surface area (Å²) in [6.07, 6.45) is 3.53. The van der Waals surface area contributed by atoms with Crippen LogP contribution >= 0.6 is 11.6 Å². The standard InChI is InChI=1S/C13H16ClNO3/c14-11-8-9(3-5-12(11)16)15-13(17)6-4-10-2-1-7-18-10/h3,5,8,10,16H,1-2,4,6-7H2,(H,15,17). The van der Waals surface area contributed by atoms with Gasteiger partial charge in [-0.1, -0.05) is 11.6 Å². The molecule has 5 heteroatoms. The zero-order valence-electron chi connectivity index (χ0n) is 9.99. The van der Waals surface area contributed by atoms with Crippen LogP contribution in [-0.4, -0.2) is 23.7 Å². The van der Waals surface area contributed by atoms with Crippen molar-refractivity contribution in [1.82, 2.24) is 0 Å². The molecule has 1 aliphatic rings. The van der Waals surface area contributed by atoms with Crippen LogP contribution in [0.3, 0.4) is 0 Å². The number of phenolic OH excluding ortho intramolecular Hbond substituents is 1. The van der Waals surface area contributed by atoms with Crippen molar-refractivity contribution >= 4 is 23.2 Å². The van der Waals surface area contributed by atoms with Gasteiger partial charge in [-0.3, -0.25) is 4.79 Å². The lowest BCUT2D eigenvalue weighted by Gasteiger charge is -2.09. The molecular weight excluding hydrogens is 254 g/mol. The highest BCUT2D eigenvalue weighted by Crippen LogP contribution is 2.26. The van der Waals surface area contributed by atoms with Crippen LogP contribution in [0.25, 0.3) is 0 Å². The minimum atomic E-state index is -0.0627. The van der Waals surface area contributed by atoms with Gasteiger partial charge in [0.05, 0.1) is 11.1 Å². The van der Waals surface area contributed by atoms with Crippen molar-refractivity contribution in [2.24, 2.45) is 0 Å². The smallest absolute Gasteiger partial charge is 0.224 e. The van der Waals surface area contributed by atoms with E-state index in [1.54, 1.807) is 6.07 Å². The fraction of sp³-hybridized carbons (Fsp3) is 0.462. The molecule has 0 aromatic heterocycles. The largest absolute Gasteiger partial charge is 0.506 e. The Morgan fingerprint density at radius 3 is 3.06 bits per heavy atom. The van der Waals surface area contributed by atoms with Crippen LogP contribution in [-0.2, 0) is 9.53 Å². The number of rotatable bonds is 4. The SMILES string of the molecule is O=C(CCC1CCCO1)Nc1ccc(O)c(Cl)c1. The summed E-state index contributed by atoms with van der Waals surface area (Å²) in [6.45, 7) is 0.805. The number of amides is 1. The van der Waals surface area contributed by atoms with Gasteiger partial charge in [0, 0.05) is 18.7 Å². The molecule has 1 aliphatic heterocycles. The fourth-order valence-corrected chi connectivity index (χ4v) is 2.15. The molecule has 0 bridgehead atoms. The van der Waals surface area contributed by atoms with Crippen LogP contribution in [0.1, 0.15) is 25.7 Å². The quantitative estimate of drug-likeness (QED) is 0.826. The first-order valence-corrected chi connectivity index (χ1v) is 6.43. The number of carbonyl (C=O) groups is 1. The molecule has 1 fully saturated rings. The van der Waals surface area contributed by atoms with Crippen molar-refractivity contribution in [2.75, 3.05) is 11.9 Å². The lowest BCUT2D eigenvalue weighted by atomic mass is 10.1. The normalized spacial score (nSPS) is 18.8. The van der Waals surface area contributed by atoms with Crippen molar-refractivity contribution in [3.63, 3.8) is 0 Å². The average Bonchev–Trinajstić information content (AvgIpc) is 2.84. The summed E-state index contributed by atoms with van der Waals surface area (Å²) >= 11 is 5.76. The highest BCUT2D eigenvalue weighted by atomic mass is 35.5. The predicted octanol–water partition coefficient (Wildman–Crippen LogP) is 2.94. The van der Waals surface area contributed by atoms with E-state index in [9.17, 15) is 9.90 Å². The summed E-state index contributed by atoms with van der Waals surface area (Å²) in [4.78, 5) is 11.7. The van der Waals surface area contributed by atoms with E-state index in [1.165, 1.54) is 12.1 Å². The van der Waals surface area contributed by atoms with Crippen LogP contribution in [0.5, 0.6) is 5.75 Å². The monoisotopic (exact) mass is 269 g/mol. The zero-order chi connectivity index (χ0) is 13.0. The van der Waals surface area contributed by atoms with Crippen molar-refractivity contribution in [1.29, 1.82) is 0 Å². The number of hydrogen-bond donors (Lipinski definition) is 2. The number of ether oxygens (including phenoxy) is 1. The lowest BCUT2D eigenvalue weighted by molar-refractivity contribution is -0.116. The summed E-state index contributed by atoms with van der Waals surface area (Å²) in [5.74, 6) is -0.0544. The van der Waals surface area contributed by atoms with Gasteiger partial charge in [0.2, 0.25) is 5.91 Å². The molecule has 1 aromatic carbocycles. The number of halogens is 1. The molecule has 2 N–H and O–H groups in total. The molecule has 0 spiro atoms. The topological polar surface area (TPSA) is 58.6 Å². The molecule has 18 heavy (non-hydrogen) atoms. The highest BCUT2D eigenvalue weighted by molar-refractivity contribution is 6.32. The van der Waals surface area contributed by atoms with Gasteiger partial charge >= 0.3 is 0 Å². The summed E-state index contributed by atoms with van der Waals surface area (Å²) in [6, 6.07) is 4.60. The molecule has 1 aromatic rings. The van der Waals surface area contributed by atoms with E-state index in [1.807, 2.05) is 0 Å². The molecule has 1 saturated heterocycles. The van der Waals surface area contributed by atoms with Gasteiger partial charge in [-0.2, -0.15) is 0 Å². The Balaban J connectivity index is 1.80. The third-order valence-corrected chi connectivity index (χ3v) is 3.25. The highest BCUT2D eigenvalue weighted by Gasteiger charge is 2.16. The zero-order valence-corrected chi connectivity index (χ0v) is 10.7. The van der Waals surface area contributed by atoms with E-state index in [0.29, 0.717) is 12.1 Å². The Hall–Kier alpha value is -1.26. The second kappa shape index (κ2) is 6.07. The summed E-state index contributed by atoms with van der Waals surface area (Å²) < 4.78 is 5.45. The van der Waals surface area contributed by atoms with Crippen molar-refractivity contribution < 1.29 is 14.6 Å². The fourth-order valence-electron chi connectivity index (χ4n) is 1.97. The van der Waals surface area contributed by atoms with Crippen LogP contribution in [0.15, 0.2) is 18.2 Å². The maximum Gasteiger partial charge on any atom is 0.224 e. The molecule has 1 heterocycles. The number of aromatic hydroxyl groups is 1. The molecular formula is C13H16ClNO3. The molecule has 98 valence electrons. The minimum absolute atomic E-state index is 0.00835. The van der Waals surface area contributed by atoms with Crippen molar-refractivity contribution in [3.05, 3.63) is 23.2 Å². The van der Waals surface area contributed by atoms with Gasteiger partial charge in [0.15, 0.2) is 0 Å². The predicted molar refractivity (Wildman–Crippen MR) is 70.0 cm³/mol. The Kier molecular flexibility index (Phi) is 4.44. The molecule has 0 saturated carbocycles. The molecule has 0 aliphatic carbocycles. The first-order valence-electron chi connectivity index (χ1n) is 6.05. The van der Waals surface area contributed by atoms with E-state index >= 15 is 0 Å². The number of hydrogen-bond acceptors (Lipinski definition) is 3. The Bertz CT molecular complexity index is 430. The van der Waals surface area contributed by atoms with E-state index in [0.717, 1.165) is 25.9 Å². The first kappa shape index (κ1) is 13.2. The second-order valence-electron chi connectivity index (χ2n) is 4.39. The van der Waals surface area contributed by atoms with Crippen molar-refractivity contribution in [2.45, 2.75) is 31.8 Å². The lowest BCUT2D eigenvalue weighted by Crippen LogP contribution is -2.15. The number of carbonyl (C=O) groups excluding carboxylic acids is 1. The van der Waals surface area contributed by atoms with Crippen LogP contribution in [0.4, 0.5) is 5.69 Å². The van der Waals surface area contributed by atoms with E-state index in [2.05, 4.69) is 5.32 Å². The number of nitrogens with one attached hydrogen (secondary N) is 1. The van der Waals surface area contributed by atoms with Crippen LogP contribution < -0.4 is 5.32 Å². The molecule has 4 nitrogen and oxygen atoms in total. The van der Waals surface area contributed by atoms with Crippen molar-refractivity contribution in [3.8, 4) is 5.75 Å². The Labute approximate surface area is 111 Å². The maximum absolute atomic E-state index is 11.7. The molecule has 0 radical (unpaired) electrons. The molecule has 1 atom stereocenters. The Morgan fingerprint density at radius 1 is 1.56 bits per heavy atom. The molecule has 1 amide bonds. The third-order valence-electron chi connectivity index (χ3n) is 2.95. The van der Waals surface area contributed by atoms with Gasteiger partial charge < -0.3 is 15.2 Å². The number of benzene rings is 1. The van der Waals surface area contributed by atoms with E-state index < -0.39 is 0 Å². The summed E-state index contributed by atoms with van der Waals surface area (Å²) in [7, 11) is 0. The maximum atomic E-state index is 11.7. The summed E-state index contributed by atoms with van der Waals surface area (Å²) in [5, 5.41) is 12.2. The van der Waals surface area contributed by atoms with Crippen LogP contribution in [0.2, 0.25) is 5.02 Å². The van der Waals surface area contributed by atoms with E-state index in [-0.39, 0.29) is 22.8 Å².